The smallest absolute Gasteiger partial charge is 0.255 e. The third-order valence-electron chi connectivity index (χ3n) is 4.21. The summed E-state index contributed by atoms with van der Waals surface area (Å²) in [7, 11) is 0. The second-order valence-corrected chi connectivity index (χ2v) is 5.87. The lowest BCUT2D eigenvalue weighted by molar-refractivity contribution is 0.0950. The zero-order chi connectivity index (χ0) is 16.8. The molecule has 3 rings (SSSR count). The maximum atomic E-state index is 12.5. The van der Waals surface area contributed by atoms with Crippen LogP contribution in [0.4, 0.5) is 5.82 Å². The second kappa shape index (κ2) is 7.41. The van der Waals surface area contributed by atoms with Gasteiger partial charge >= 0.3 is 0 Å². The van der Waals surface area contributed by atoms with Gasteiger partial charge in [0, 0.05) is 45.1 Å². The Labute approximate surface area is 141 Å². The largest absolute Gasteiger partial charge is 0.378 e. The predicted octanol–water partition coefficient (Wildman–Crippen LogP) is 1.61. The number of nitrogens with one attached hydrogen (secondary N) is 1. The summed E-state index contributed by atoms with van der Waals surface area (Å²) in [5.41, 5.74) is 0.212. The summed E-state index contributed by atoms with van der Waals surface area (Å²) in [6.45, 7) is 3.29. The van der Waals surface area contributed by atoms with E-state index in [1.165, 1.54) is 0 Å². The van der Waals surface area contributed by atoms with Crippen LogP contribution in [-0.4, -0.2) is 49.4 Å². The lowest BCUT2D eigenvalue weighted by atomic mass is 10.0. The Morgan fingerprint density at radius 1 is 1.38 bits per heavy atom. The van der Waals surface area contributed by atoms with Crippen molar-refractivity contribution in [2.24, 2.45) is 10.2 Å². The molecule has 0 aliphatic carbocycles. The van der Waals surface area contributed by atoms with Gasteiger partial charge in [-0.05, 0) is 12.1 Å². The van der Waals surface area contributed by atoms with Crippen molar-refractivity contribution >= 4 is 11.7 Å². The topological polar surface area (TPSA) is 79.2 Å². The molecule has 1 amide bonds. The van der Waals surface area contributed by atoms with Gasteiger partial charge in [-0.25, -0.2) is 4.98 Å². The molecule has 3 heterocycles. The third kappa shape index (κ3) is 3.89. The van der Waals surface area contributed by atoms with Gasteiger partial charge in [0.05, 0.1) is 18.8 Å². The van der Waals surface area contributed by atoms with Gasteiger partial charge in [0.25, 0.3) is 5.91 Å². The van der Waals surface area contributed by atoms with Crippen molar-refractivity contribution in [1.29, 1.82) is 0 Å². The van der Waals surface area contributed by atoms with E-state index in [1.807, 2.05) is 0 Å². The minimum Gasteiger partial charge on any atom is -0.378 e. The number of carbonyl (C=O) groups excluding carboxylic acids is 1. The molecule has 1 saturated heterocycles. The Bertz CT molecular complexity index is 655. The number of hydrogen-bond donors (Lipinski definition) is 1. The summed E-state index contributed by atoms with van der Waals surface area (Å²) in [4.78, 5) is 19.0. The SMILES string of the molecule is C#CCCC1(CCNC(=O)c2cccnc2N2CCOCC2)N=N1. The van der Waals surface area contributed by atoms with Gasteiger partial charge in [-0.3, -0.25) is 4.79 Å². The van der Waals surface area contributed by atoms with E-state index in [0.717, 1.165) is 19.5 Å². The van der Waals surface area contributed by atoms with Gasteiger partial charge < -0.3 is 15.0 Å². The number of nitrogens with zero attached hydrogens (tertiary/aromatic N) is 4. The van der Waals surface area contributed by atoms with Crippen LogP contribution in [0.15, 0.2) is 28.6 Å². The number of ether oxygens (including phenoxy) is 1. The molecule has 7 nitrogen and oxygen atoms in total. The lowest BCUT2D eigenvalue weighted by Crippen LogP contribution is -2.38. The van der Waals surface area contributed by atoms with Crippen molar-refractivity contribution in [3.63, 3.8) is 0 Å². The standard InChI is InChI=1S/C17H21N5O2/c1-2-3-6-17(20-21-17)7-9-19-16(23)14-5-4-8-18-15(14)22-10-12-24-13-11-22/h1,4-5,8H,3,6-7,9-13H2,(H,19,23). The van der Waals surface area contributed by atoms with E-state index in [0.29, 0.717) is 44.0 Å². The molecular weight excluding hydrogens is 306 g/mol. The molecule has 7 heteroatoms. The highest BCUT2D eigenvalue weighted by atomic mass is 16.5. The van der Waals surface area contributed by atoms with Crippen LogP contribution >= 0.6 is 0 Å². The molecule has 0 radical (unpaired) electrons. The third-order valence-corrected chi connectivity index (χ3v) is 4.21. The Hall–Kier alpha value is -2.46. The molecule has 1 aromatic heterocycles. The average molecular weight is 327 g/mol. The zero-order valence-electron chi connectivity index (χ0n) is 13.6. The van der Waals surface area contributed by atoms with Crippen molar-refractivity contribution in [2.75, 3.05) is 37.7 Å². The van der Waals surface area contributed by atoms with E-state index < -0.39 is 0 Å². The molecule has 0 saturated carbocycles. The first-order valence-corrected chi connectivity index (χ1v) is 8.17. The quantitative estimate of drug-likeness (QED) is 0.772. The first kappa shape index (κ1) is 16.4. The van der Waals surface area contributed by atoms with Crippen LogP contribution < -0.4 is 10.2 Å². The predicted molar refractivity (Wildman–Crippen MR) is 89.9 cm³/mol. The van der Waals surface area contributed by atoms with Gasteiger partial charge in [0.1, 0.15) is 5.82 Å². The van der Waals surface area contributed by atoms with Gasteiger partial charge in [0.15, 0.2) is 5.66 Å². The molecule has 0 spiro atoms. The Morgan fingerprint density at radius 2 is 2.17 bits per heavy atom. The van der Waals surface area contributed by atoms with E-state index >= 15 is 0 Å². The number of terminal acetylenes is 1. The minimum atomic E-state index is -0.373. The van der Waals surface area contributed by atoms with Gasteiger partial charge in [0.2, 0.25) is 0 Å². The molecular formula is C17H21N5O2. The monoisotopic (exact) mass is 327 g/mol. The van der Waals surface area contributed by atoms with Crippen molar-refractivity contribution in [3.8, 4) is 12.3 Å². The fraction of sp³-hybridized carbons (Fsp3) is 0.529. The van der Waals surface area contributed by atoms with Crippen LogP contribution in [-0.2, 0) is 4.74 Å². The van der Waals surface area contributed by atoms with Crippen molar-refractivity contribution in [3.05, 3.63) is 23.9 Å². The summed E-state index contributed by atoms with van der Waals surface area (Å²) in [5, 5.41) is 11.1. The first-order valence-electron chi connectivity index (χ1n) is 8.17. The van der Waals surface area contributed by atoms with Gasteiger partial charge in [-0.1, -0.05) is 0 Å². The maximum absolute atomic E-state index is 12.5. The molecule has 126 valence electrons. The number of aromatic nitrogens is 1. The Morgan fingerprint density at radius 3 is 2.88 bits per heavy atom. The number of amides is 1. The molecule has 2 aliphatic rings. The van der Waals surface area contributed by atoms with E-state index in [9.17, 15) is 4.79 Å². The van der Waals surface area contributed by atoms with Crippen molar-refractivity contribution in [2.45, 2.75) is 24.9 Å². The number of pyridine rings is 1. The molecule has 0 unspecified atom stereocenters. The molecule has 1 aromatic rings. The summed E-state index contributed by atoms with van der Waals surface area (Å²) in [6, 6.07) is 3.58. The highest BCUT2D eigenvalue weighted by molar-refractivity contribution is 5.98. The average Bonchev–Trinajstić information content (AvgIpc) is 3.41. The number of morpholine rings is 1. The van der Waals surface area contributed by atoms with Crippen LogP contribution in [0.5, 0.6) is 0 Å². The molecule has 0 bridgehead atoms. The van der Waals surface area contributed by atoms with E-state index in [2.05, 4.69) is 31.3 Å². The van der Waals surface area contributed by atoms with Crippen molar-refractivity contribution < 1.29 is 9.53 Å². The van der Waals surface area contributed by atoms with Crippen LogP contribution in [0.25, 0.3) is 0 Å². The van der Waals surface area contributed by atoms with Gasteiger partial charge in [-0.15, -0.1) is 12.3 Å². The van der Waals surface area contributed by atoms with Crippen molar-refractivity contribution in [1.82, 2.24) is 10.3 Å². The summed E-state index contributed by atoms with van der Waals surface area (Å²) >= 11 is 0. The van der Waals surface area contributed by atoms with Crippen LogP contribution in [0.1, 0.15) is 29.6 Å². The normalized spacial score (nSPS) is 18.0. The Balaban J connectivity index is 1.56. The number of anilines is 1. The molecule has 24 heavy (non-hydrogen) atoms. The molecule has 2 aliphatic heterocycles. The summed E-state index contributed by atoms with van der Waals surface area (Å²) in [6.07, 6.45) is 9.05. The molecule has 1 fully saturated rings. The number of rotatable bonds is 7. The molecule has 0 atom stereocenters. The molecule has 1 N–H and O–H groups in total. The zero-order valence-corrected chi connectivity index (χ0v) is 13.6. The minimum absolute atomic E-state index is 0.127. The fourth-order valence-electron chi connectivity index (χ4n) is 2.74. The first-order chi connectivity index (χ1) is 11.7. The van der Waals surface area contributed by atoms with E-state index in [1.54, 1.807) is 18.3 Å². The lowest BCUT2D eigenvalue weighted by Gasteiger charge is -2.29. The number of hydrogen-bond acceptors (Lipinski definition) is 6. The maximum Gasteiger partial charge on any atom is 0.255 e. The fourth-order valence-corrected chi connectivity index (χ4v) is 2.74. The molecule has 0 aromatic carbocycles. The highest BCUT2D eigenvalue weighted by Crippen LogP contribution is 2.36. The summed E-state index contributed by atoms with van der Waals surface area (Å²) in [5.74, 6) is 3.18. The Kier molecular flexibility index (Phi) is 5.06. The van der Waals surface area contributed by atoms with E-state index in [-0.39, 0.29) is 11.6 Å². The van der Waals surface area contributed by atoms with Crippen LogP contribution in [0.2, 0.25) is 0 Å². The number of carbonyl (C=O) groups is 1. The van der Waals surface area contributed by atoms with Gasteiger partial charge in [-0.2, -0.15) is 10.2 Å². The highest BCUT2D eigenvalue weighted by Gasteiger charge is 2.38. The second-order valence-electron chi connectivity index (χ2n) is 5.87. The van der Waals surface area contributed by atoms with Crippen LogP contribution in [0, 0.1) is 12.3 Å². The van der Waals surface area contributed by atoms with E-state index in [4.69, 9.17) is 11.2 Å². The van der Waals surface area contributed by atoms with Crippen LogP contribution in [0.3, 0.4) is 0 Å². The summed E-state index contributed by atoms with van der Waals surface area (Å²) < 4.78 is 5.36.